The highest BCUT2D eigenvalue weighted by Crippen LogP contribution is 2.18. The fourth-order valence-electron chi connectivity index (χ4n) is 2.01. The number of carbonyl (C=O) groups excluding carboxylic acids is 1. The van der Waals surface area contributed by atoms with E-state index in [-0.39, 0.29) is 18.9 Å². The van der Waals surface area contributed by atoms with E-state index < -0.39 is 10.9 Å². The number of esters is 1. The van der Waals surface area contributed by atoms with Gasteiger partial charge in [0.1, 0.15) is 19.0 Å². The summed E-state index contributed by atoms with van der Waals surface area (Å²) in [6.45, 7) is 2.28. The summed E-state index contributed by atoms with van der Waals surface area (Å²) in [5.74, 6) is 0.127. The quantitative estimate of drug-likeness (QED) is 0.255. The second kappa shape index (κ2) is 8.47. The highest BCUT2D eigenvalue weighted by Gasteiger charge is 2.09. The summed E-state index contributed by atoms with van der Waals surface area (Å²) < 4.78 is 10.5. The topological polar surface area (TPSA) is 78.7 Å². The number of ether oxygens (including phenoxy) is 2. The van der Waals surface area contributed by atoms with Gasteiger partial charge >= 0.3 is 5.97 Å². The van der Waals surface area contributed by atoms with Crippen LogP contribution in [0.15, 0.2) is 54.6 Å². The SMILES string of the molecule is Cc1cccc(OCCOC(=O)/C=C/c2ccccc2[N+](=O)[O-])c1. The smallest absolute Gasteiger partial charge is 0.330 e. The van der Waals surface area contributed by atoms with Gasteiger partial charge in [-0.25, -0.2) is 4.79 Å². The highest BCUT2D eigenvalue weighted by atomic mass is 16.6. The van der Waals surface area contributed by atoms with E-state index in [1.54, 1.807) is 18.2 Å². The van der Waals surface area contributed by atoms with Gasteiger partial charge in [-0.3, -0.25) is 10.1 Å². The molecule has 0 N–H and O–H groups in total. The molecule has 0 saturated heterocycles. The maximum absolute atomic E-state index is 11.6. The fraction of sp³-hybridized carbons (Fsp3) is 0.167. The van der Waals surface area contributed by atoms with E-state index in [1.807, 2.05) is 31.2 Å². The van der Waals surface area contributed by atoms with Crippen LogP contribution in [0.5, 0.6) is 5.75 Å². The number of aryl methyl sites for hydroxylation is 1. The third-order valence-corrected chi connectivity index (χ3v) is 3.12. The van der Waals surface area contributed by atoms with Gasteiger partial charge < -0.3 is 9.47 Å². The van der Waals surface area contributed by atoms with Crippen molar-refractivity contribution in [1.29, 1.82) is 0 Å². The molecule has 0 heterocycles. The molecule has 2 aromatic carbocycles. The van der Waals surface area contributed by atoms with Crippen molar-refractivity contribution in [2.45, 2.75) is 6.92 Å². The molecule has 24 heavy (non-hydrogen) atoms. The molecule has 6 heteroatoms. The summed E-state index contributed by atoms with van der Waals surface area (Å²) in [4.78, 5) is 22.0. The minimum absolute atomic E-state index is 0.0654. The number of carbonyl (C=O) groups is 1. The Balaban J connectivity index is 1.80. The molecule has 0 aromatic heterocycles. The first kappa shape index (κ1) is 17.2. The lowest BCUT2D eigenvalue weighted by atomic mass is 10.1. The van der Waals surface area contributed by atoms with Crippen molar-refractivity contribution in [2.24, 2.45) is 0 Å². The van der Waals surface area contributed by atoms with Gasteiger partial charge in [-0.2, -0.15) is 0 Å². The standard InChI is InChI=1S/C18H17NO5/c1-14-5-4-7-16(13-14)23-11-12-24-18(20)10-9-15-6-2-3-8-17(15)19(21)22/h2-10,13H,11-12H2,1H3/b10-9+. The number of para-hydroxylation sites is 1. The molecular formula is C18H17NO5. The van der Waals surface area contributed by atoms with Gasteiger partial charge in [0.05, 0.1) is 10.5 Å². The van der Waals surface area contributed by atoms with Crippen molar-refractivity contribution in [2.75, 3.05) is 13.2 Å². The number of rotatable bonds is 7. The maximum Gasteiger partial charge on any atom is 0.330 e. The Bertz CT molecular complexity index is 755. The van der Waals surface area contributed by atoms with Crippen LogP contribution in [0.2, 0.25) is 0 Å². The van der Waals surface area contributed by atoms with Crippen LogP contribution in [0.4, 0.5) is 5.69 Å². The molecule has 2 rings (SSSR count). The molecule has 0 unspecified atom stereocenters. The van der Waals surface area contributed by atoms with E-state index in [0.29, 0.717) is 11.3 Å². The van der Waals surface area contributed by atoms with E-state index >= 15 is 0 Å². The van der Waals surface area contributed by atoms with Gasteiger partial charge in [-0.1, -0.05) is 24.3 Å². The summed E-state index contributed by atoms with van der Waals surface area (Å²) in [6.07, 6.45) is 2.52. The molecular weight excluding hydrogens is 310 g/mol. The zero-order chi connectivity index (χ0) is 17.4. The monoisotopic (exact) mass is 327 g/mol. The Kier molecular flexibility index (Phi) is 6.08. The zero-order valence-electron chi connectivity index (χ0n) is 13.2. The van der Waals surface area contributed by atoms with Crippen molar-refractivity contribution < 1.29 is 19.2 Å². The predicted molar refractivity (Wildman–Crippen MR) is 89.8 cm³/mol. The molecule has 0 radical (unpaired) electrons. The number of nitrogens with zero attached hydrogens (tertiary/aromatic N) is 1. The molecule has 0 aliphatic rings. The molecule has 124 valence electrons. The van der Waals surface area contributed by atoms with E-state index in [1.165, 1.54) is 12.1 Å². The summed E-state index contributed by atoms with van der Waals surface area (Å²) in [7, 11) is 0. The molecule has 6 nitrogen and oxygen atoms in total. The molecule has 0 fully saturated rings. The lowest BCUT2D eigenvalue weighted by Gasteiger charge is -2.06. The average Bonchev–Trinajstić information content (AvgIpc) is 2.57. The van der Waals surface area contributed by atoms with Crippen LogP contribution >= 0.6 is 0 Å². The summed E-state index contributed by atoms with van der Waals surface area (Å²) in [5, 5.41) is 10.9. The molecule has 0 aliphatic heterocycles. The van der Waals surface area contributed by atoms with Gasteiger partial charge in [0.2, 0.25) is 0 Å². The zero-order valence-corrected chi connectivity index (χ0v) is 13.2. The Morgan fingerprint density at radius 2 is 1.96 bits per heavy atom. The van der Waals surface area contributed by atoms with Crippen LogP contribution in [0, 0.1) is 17.0 Å². The summed E-state index contributed by atoms with van der Waals surface area (Å²) in [6, 6.07) is 13.7. The van der Waals surface area contributed by atoms with Crippen LogP contribution in [0.1, 0.15) is 11.1 Å². The first-order valence-electron chi connectivity index (χ1n) is 7.34. The second-order valence-corrected chi connectivity index (χ2v) is 4.98. The first-order valence-corrected chi connectivity index (χ1v) is 7.34. The predicted octanol–water partition coefficient (Wildman–Crippen LogP) is 3.54. The number of hydrogen-bond donors (Lipinski definition) is 0. The van der Waals surface area contributed by atoms with Crippen LogP contribution in [-0.2, 0) is 9.53 Å². The molecule has 0 aliphatic carbocycles. The fourth-order valence-corrected chi connectivity index (χ4v) is 2.01. The minimum Gasteiger partial charge on any atom is -0.490 e. The lowest BCUT2D eigenvalue weighted by molar-refractivity contribution is -0.385. The maximum atomic E-state index is 11.6. The largest absolute Gasteiger partial charge is 0.490 e. The van der Waals surface area contributed by atoms with Crippen molar-refractivity contribution in [1.82, 2.24) is 0 Å². The van der Waals surface area contributed by atoms with Crippen LogP contribution in [-0.4, -0.2) is 24.1 Å². The Labute approximate surface area is 139 Å². The number of nitro groups is 1. The van der Waals surface area contributed by atoms with Gasteiger partial charge in [0.15, 0.2) is 0 Å². The third kappa shape index (κ3) is 5.24. The molecule has 0 atom stereocenters. The Morgan fingerprint density at radius 3 is 2.71 bits per heavy atom. The average molecular weight is 327 g/mol. The summed E-state index contributed by atoms with van der Waals surface area (Å²) in [5.41, 5.74) is 1.36. The molecule has 0 amide bonds. The van der Waals surface area contributed by atoms with Crippen LogP contribution in [0.25, 0.3) is 6.08 Å². The number of benzene rings is 2. The van der Waals surface area contributed by atoms with Crippen molar-refractivity contribution >= 4 is 17.7 Å². The van der Waals surface area contributed by atoms with Gasteiger partial charge in [0.25, 0.3) is 5.69 Å². The van der Waals surface area contributed by atoms with Crippen molar-refractivity contribution in [3.63, 3.8) is 0 Å². The van der Waals surface area contributed by atoms with Crippen molar-refractivity contribution in [3.8, 4) is 5.75 Å². The van der Waals surface area contributed by atoms with Gasteiger partial charge in [-0.15, -0.1) is 0 Å². The van der Waals surface area contributed by atoms with E-state index in [0.717, 1.165) is 11.6 Å². The second-order valence-electron chi connectivity index (χ2n) is 4.98. The highest BCUT2D eigenvalue weighted by molar-refractivity contribution is 5.87. The third-order valence-electron chi connectivity index (χ3n) is 3.12. The molecule has 0 bridgehead atoms. The Hall–Kier alpha value is -3.15. The van der Waals surface area contributed by atoms with E-state index in [2.05, 4.69) is 0 Å². The lowest BCUT2D eigenvalue weighted by Crippen LogP contribution is -2.10. The van der Waals surface area contributed by atoms with Gasteiger partial charge in [-0.05, 0) is 36.8 Å². The minimum atomic E-state index is -0.582. The molecule has 0 spiro atoms. The van der Waals surface area contributed by atoms with E-state index in [4.69, 9.17) is 9.47 Å². The van der Waals surface area contributed by atoms with Crippen molar-refractivity contribution in [3.05, 3.63) is 75.8 Å². The number of nitro benzene ring substituents is 1. The van der Waals surface area contributed by atoms with Crippen LogP contribution < -0.4 is 4.74 Å². The normalized spacial score (nSPS) is 10.5. The Morgan fingerprint density at radius 1 is 1.17 bits per heavy atom. The first-order chi connectivity index (χ1) is 11.6. The van der Waals surface area contributed by atoms with E-state index in [9.17, 15) is 14.9 Å². The molecule has 2 aromatic rings. The van der Waals surface area contributed by atoms with Gasteiger partial charge in [0, 0.05) is 12.1 Å². The molecule has 0 saturated carbocycles. The summed E-state index contributed by atoms with van der Waals surface area (Å²) >= 11 is 0. The van der Waals surface area contributed by atoms with Crippen LogP contribution in [0.3, 0.4) is 0 Å². The number of hydrogen-bond acceptors (Lipinski definition) is 5.